The van der Waals surface area contributed by atoms with Crippen LogP contribution in [0.25, 0.3) is 11.4 Å². The molecule has 0 bridgehead atoms. The number of nitrogens with one attached hydrogen (secondary N) is 1. The predicted octanol–water partition coefficient (Wildman–Crippen LogP) is 2.20. The molecule has 0 saturated heterocycles. The summed E-state index contributed by atoms with van der Waals surface area (Å²) in [6.45, 7) is 0.650. The number of nitrogens with zero attached hydrogens (tertiary/aromatic N) is 3. The summed E-state index contributed by atoms with van der Waals surface area (Å²) in [5.74, 6) is 2.24. The van der Waals surface area contributed by atoms with Crippen LogP contribution < -0.4 is 20.5 Å². The third-order valence-corrected chi connectivity index (χ3v) is 5.32. The van der Waals surface area contributed by atoms with Gasteiger partial charge in [-0.2, -0.15) is 0 Å². The fourth-order valence-electron chi connectivity index (χ4n) is 2.81. The summed E-state index contributed by atoms with van der Waals surface area (Å²) in [4.78, 5) is 12.2. The first-order chi connectivity index (χ1) is 13.6. The highest BCUT2D eigenvalue weighted by atomic mass is 32.2. The Balaban J connectivity index is 1.33. The average Bonchev–Trinajstić information content (AvgIpc) is 3.31. The minimum atomic E-state index is -0.0913. The molecule has 0 atom stereocenters. The molecule has 0 spiro atoms. The zero-order valence-corrected chi connectivity index (χ0v) is 16.0. The lowest BCUT2D eigenvalue weighted by atomic mass is 10.2. The van der Waals surface area contributed by atoms with Crippen LogP contribution in [0.2, 0.25) is 0 Å². The van der Waals surface area contributed by atoms with Gasteiger partial charge in [0.15, 0.2) is 22.5 Å². The van der Waals surface area contributed by atoms with E-state index in [4.69, 9.17) is 15.2 Å². The number of nitrogen functional groups attached to an aromatic ring is 1. The molecule has 1 amide bonds. The topological polar surface area (TPSA) is 104 Å². The fraction of sp³-hybridized carbons (Fsp3) is 0.211. The molecule has 1 aliphatic rings. The Labute approximate surface area is 166 Å². The average molecular weight is 397 g/mol. The van der Waals surface area contributed by atoms with E-state index in [1.807, 2.05) is 54.1 Å². The van der Waals surface area contributed by atoms with Gasteiger partial charge in [0.05, 0.1) is 5.75 Å². The van der Waals surface area contributed by atoms with Crippen molar-refractivity contribution in [2.45, 2.75) is 11.7 Å². The Morgan fingerprint density at radius 2 is 2.04 bits per heavy atom. The number of amides is 1. The van der Waals surface area contributed by atoms with E-state index in [9.17, 15) is 4.79 Å². The van der Waals surface area contributed by atoms with Crippen LogP contribution in [0.5, 0.6) is 11.5 Å². The van der Waals surface area contributed by atoms with E-state index < -0.39 is 0 Å². The van der Waals surface area contributed by atoms with Crippen LogP contribution in [0.4, 0.5) is 5.69 Å². The van der Waals surface area contributed by atoms with E-state index in [-0.39, 0.29) is 18.5 Å². The molecule has 2 heterocycles. The second-order valence-corrected chi connectivity index (χ2v) is 7.15. The number of hydrogen-bond acceptors (Lipinski definition) is 7. The molecule has 28 heavy (non-hydrogen) atoms. The van der Waals surface area contributed by atoms with Crippen LogP contribution in [-0.4, -0.2) is 33.2 Å². The SMILES string of the molecule is Cn1c(SCC(=O)NCc2ccc3c(c2)OCO3)nnc1-c1ccccc1N. The van der Waals surface area contributed by atoms with Crippen LogP contribution in [0.1, 0.15) is 5.56 Å². The first-order valence-corrected chi connectivity index (χ1v) is 9.62. The van der Waals surface area contributed by atoms with Crippen molar-refractivity contribution in [2.24, 2.45) is 7.05 Å². The normalized spacial score (nSPS) is 12.2. The molecule has 3 aromatic rings. The lowest BCUT2D eigenvalue weighted by Gasteiger charge is -2.07. The summed E-state index contributed by atoms with van der Waals surface area (Å²) < 4.78 is 12.5. The smallest absolute Gasteiger partial charge is 0.231 e. The van der Waals surface area contributed by atoms with Crippen LogP contribution in [0, 0.1) is 0 Å². The van der Waals surface area contributed by atoms with Crippen LogP contribution in [0.15, 0.2) is 47.6 Å². The first-order valence-electron chi connectivity index (χ1n) is 8.64. The van der Waals surface area contributed by atoms with Crippen molar-refractivity contribution in [1.29, 1.82) is 0 Å². The number of fused-ring (bicyclic) bond motifs is 1. The molecule has 0 radical (unpaired) electrons. The molecular formula is C19H19N5O3S. The zero-order chi connectivity index (χ0) is 19.5. The highest BCUT2D eigenvalue weighted by molar-refractivity contribution is 7.99. The van der Waals surface area contributed by atoms with Gasteiger partial charge in [-0.1, -0.05) is 30.0 Å². The highest BCUT2D eigenvalue weighted by Gasteiger charge is 2.15. The number of nitrogens with two attached hydrogens (primary N) is 1. The Bertz CT molecular complexity index is 1020. The summed E-state index contributed by atoms with van der Waals surface area (Å²) >= 11 is 1.32. The summed E-state index contributed by atoms with van der Waals surface area (Å²) in [5.41, 5.74) is 8.41. The molecule has 0 fully saturated rings. The monoisotopic (exact) mass is 397 g/mol. The maximum Gasteiger partial charge on any atom is 0.231 e. The lowest BCUT2D eigenvalue weighted by Crippen LogP contribution is -2.24. The predicted molar refractivity (Wildman–Crippen MR) is 106 cm³/mol. The number of anilines is 1. The number of rotatable bonds is 6. The summed E-state index contributed by atoms with van der Waals surface area (Å²) in [5, 5.41) is 11.9. The number of thioether (sulfide) groups is 1. The molecule has 1 aliphatic heterocycles. The summed E-state index contributed by atoms with van der Waals surface area (Å²) in [6, 6.07) is 13.1. The highest BCUT2D eigenvalue weighted by Crippen LogP contribution is 2.32. The zero-order valence-electron chi connectivity index (χ0n) is 15.2. The van der Waals surface area contributed by atoms with Gasteiger partial charge in [0.1, 0.15) is 0 Å². The number of benzene rings is 2. The van der Waals surface area contributed by atoms with Crippen molar-refractivity contribution in [3.63, 3.8) is 0 Å². The van der Waals surface area contributed by atoms with Crippen molar-refractivity contribution >= 4 is 23.4 Å². The van der Waals surface area contributed by atoms with E-state index in [2.05, 4.69) is 15.5 Å². The van der Waals surface area contributed by atoms with Gasteiger partial charge >= 0.3 is 0 Å². The van der Waals surface area contributed by atoms with Crippen LogP contribution >= 0.6 is 11.8 Å². The molecule has 0 unspecified atom stereocenters. The third-order valence-electron chi connectivity index (χ3n) is 4.30. The molecule has 1 aromatic heterocycles. The van der Waals surface area contributed by atoms with Crippen LogP contribution in [-0.2, 0) is 18.4 Å². The van der Waals surface area contributed by atoms with Gasteiger partial charge in [-0.15, -0.1) is 10.2 Å². The Kier molecular flexibility index (Phi) is 5.07. The van der Waals surface area contributed by atoms with E-state index >= 15 is 0 Å². The number of para-hydroxylation sites is 1. The molecule has 0 saturated carbocycles. The van der Waals surface area contributed by atoms with Gasteiger partial charge < -0.3 is 25.1 Å². The largest absolute Gasteiger partial charge is 0.454 e. The number of hydrogen-bond donors (Lipinski definition) is 2. The number of aromatic nitrogens is 3. The molecule has 9 heteroatoms. The Morgan fingerprint density at radius 1 is 1.21 bits per heavy atom. The van der Waals surface area contributed by atoms with Gasteiger partial charge in [-0.3, -0.25) is 4.79 Å². The fourth-order valence-corrected chi connectivity index (χ4v) is 3.55. The Hall–Kier alpha value is -3.20. The molecular weight excluding hydrogens is 378 g/mol. The molecule has 2 aromatic carbocycles. The summed E-state index contributed by atoms with van der Waals surface area (Å²) in [7, 11) is 1.86. The Morgan fingerprint density at radius 3 is 2.89 bits per heavy atom. The maximum atomic E-state index is 12.2. The third kappa shape index (κ3) is 3.74. The minimum absolute atomic E-state index is 0.0913. The van der Waals surface area contributed by atoms with Crippen molar-refractivity contribution < 1.29 is 14.3 Å². The first kappa shape index (κ1) is 18.2. The van der Waals surface area contributed by atoms with E-state index in [0.29, 0.717) is 29.0 Å². The van der Waals surface area contributed by atoms with Gasteiger partial charge in [-0.05, 0) is 29.8 Å². The minimum Gasteiger partial charge on any atom is -0.454 e. The van der Waals surface area contributed by atoms with Crippen molar-refractivity contribution in [1.82, 2.24) is 20.1 Å². The second kappa shape index (κ2) is 7.81. The van der Waals surface area contributed by atoms with Gasteiger partial charge in [-0.25, -0.2) is 0 Å². The molecule has 0 aliphatic carbocycles. The molecule has 144 valence electrons. The van der Waals surface area contributed by atoms with E-state index in [1.54, 1.807) is 0 Å². The standard InChI is InChI=1S/C19H19N5O3S/c1-24-18(13-4-2-3-5-14(13)20)22-23-19(24)28-10-17(25)21-9-12-6-7-15-16(8-12)27-11-26-15/h2-8H,9-11,20H2,1H3,(H,21,25). The summed E-state index contributed by atoms with van der Waals surface area (Å²) in [6.07, 6.45) is 0. The number of carbonyl (C=O) groups excluding carboxylic acids is 1. The van der Waals surface area contributed by atoms with Gasteiger partial charge in [0, 0.05) is 24.8 Å². The number of ether oxygens (including phenoxy) is 2. The molecule has 4 rings (SSSR count). The molecule has 8 nitrogen and oxygen atoms in total. The van der Waals surface area contributed by atoms with Gasteiger partial charge in [0.25, 0.3) is 0 Å². The van der Waals surface area contributed by atoms with Gasteiger partial charge in [0.2, 0.25) is 12.7 Å². The van der Waals surface area contributed by atoms with Crippen molar-refractivity contribution in [3.05, 3.63) is 48.0 Å². The number of carbonyl (C=O) groups is 1. The lowest BCUT2D eigenvalue weighted by molar-refractivity contribution is -0.118. The maximum absolute atomic E-state index is 12.2. The van der Waals surface area contributed by atoms with Crippen molar-refractivity contribution in [3.8, 4) is 22.9 Å². The quantitative estimate of drug-likeness (QED) is 0.485. The van der Waals surface area contributed by atoms with Crippen molar-refractivity contribution in [2.75, 3.05) is 18.3 Å². The molecule has 3 N–H and O–H groups in total. The van der Waals surface area contributed by atoms with E-state index in [0.717, 1.165) is 16.9 Å². The second-order valence-electron chi connectivity index (χ2n) is 6.21. The van der Waals surface area contributed by atoms with E-state index in [1.165, 1.54) is 11.8 Å². The van der Waals surface area contributed by atoms with Crippen LogP contribution in [0.3, 0.4) is 0 Å².